The molecule has 1 aromatic carbocycles. The summed E-state index contributed by atoms with van der Waals surface area (Å²) in [5, 5.41) is 5.83. The Kier molecular flexibility index (Phi) is 14.8. The van der Waals surface area contributed by atoms with Crippen molar-refractivity contribution in [2.24, 2.45) is 0 Å². The Morgan fingerprint density at radius 2 is 1.28 bits per heavy atom. The van der Waals surface area contributed by atoms with Crippen LogP contribution in [0.25, 0.3) is 0 Å². The number of hydrogen-bond acceptors (Lipinski definition) is 2. The van der Waals surface area contributed by atoms with Crippen LogP contribution in [0, 0.1) is 0 Å². The van der Waals surface area contributed by atoms with Gasteiger partial charge < -0.3 is 10.6 Å². The molecular formula is C25H42N2O2. The van der Waals surface area contributed by atoms with E-state index in [1.165, 1.54) is 57.8 Å². The highest BCUT2D eigenvalue weighted by atomic mass is 16.2. The lowest BCUT2D eigenvalue weighted by atomic mass is 10.1. The van der Waals surface area contributed by atoms with Crippen LogP contribution in [0.15, 0.2) is 24.3 Å². The molecule has 4 heteroatoms. The van der Waals surface area contributed by atoms with Gasteiger partial charge in [0.05, 0.1) is 11.3 Å². The summed E-state index contributed by atoms with van der Waals surface area (Å²) in [5.74, 6) is -0.126. The fourth-order valence-corrected chi connectivity index (χ4v) is 3.43. The SMILES string of the molecule is CCCCCCCCCCCCCC(=O)Nc1ccccc1C(=O)NCCCC. The monoisotopic (exact) mass is 402 g/mol. The predicted molar refractivity (Wildman–Crippen MR) is 123 cm³/mol. The first-order valence-corrected chi connectivity index (χ1v) is 11.9. The Hall–Kier alpha value is -1.84. The molecule has 0 aromatic heterocycles. The lowest BCUT2D eigenvalue weighted by Gasteiger charge is -2.11. The molecule has 2 amide bonds. The maximum absolute atomic E-state index is 12.3. The number of carbonyl (C=O) groups is 2. The Morgan fingerprint density at radius 1 is 0.724 bits per heavy atom. The van der Waals surface area contributed by atoms with Gasteiger partial charge in [-0.3, -0.25) is 9.59 Å². The van der Waals surface area contributed by atoms with Crippen molar-refractivity contribution in [2.45, 2.75) is 104 Å². The summed E-state index contributed by atoms with van der Waals surface area (Å²) in [6, 6.07) is 7.24. The van der Waals surface area contributed by atoms with Crippen molar-refractivity contribution in [1.82, 2.24) is 5.32 Å². The molecule has 164 valence electrons. The van der Waals surface area contributed by atoms with Crippen molar-refractivity contribution >= 4 is 17.5 Å². The smallest absolute Gasteiger partial charge is 0.253 e. The number of nitrogens with one attached hydrogen (secondary N) is 2. The average Bonchev–Trinajstić information content (AvgIpc) is 2.72. The molecule has 0 unspecified atom stereocenters. The summed E-state index contributed by atoms with van der Waals surface area (Å²) >= 11 is 0. The second-order valence-corrected chi connectivity index (χ2v) is 7.99. The van der Waals surface area contributed by atoms with Gasteiger partial charge in [0, 0.05) is 13.0 Å². The Bertz CT molecular complexity index is 572. The number of benzene rings is 1. The highest BCUT2D eigenvalue weighted by molar-refractivity contribution is 6.03. The minimum absolute atomic E-state index is 0.00488. The van der Waals surface area contributed by atoms with Crippen LogP contribution in [0.5, 0.6) is 0 Å². The van der Waals surface area contributed by atoms with E-state index < -0.39 is 0 Å². The van der Waals surface area contributed by atoms with E-state index in [1.807, 2.05) is 12.1 Å². The molecule has 0 aliphatic carbocycles. The molecule has 0 heterocycles. The zero-order valence-electron chi connectivity index (χ0n) is 18.7. The van der Waals surface area contributed by atoms with Gasteiger partial charge in [0.15, 0.2) is 0 Å². The number of unbranched alkanes of at least 4 members (excludes halogenated alkanes) is 11. The maximum Gasteiger partial charge on any atom is 0.253 e. The molecule has 0 bridgehead atoms. The number of rotatable bonds is 17. The van der Waals surface area contributed by atoms with E-state index in [-0.39, 0.29) is 11.8 Å². The minimum atomic E-state index is -0.121. The van der Waals surface area contributed by atoms with E-state index in [4.69, 9.17) is 0 Å². The highest BCUT2D eigenvalue weighted by Gasteiger charge is 2.12. The van der Waals surface area contributed by atoms with E-state index in [9.17, 15) is 9.59 Å². The van der Waals surface area contributed by atoms with Gasteiger partial charge in [0.2, 0.25) is 5.91 Å². The fraction of sp³-hybridized carbons (Fsp3) is 0.680. The number of hydrogen-bond donors (Lipinski definition) is 2. The Morgan fingerprint density at radius 3 is 1.90 bits per heavy atom. The first kappa shape index (κ1) is 25.2. The maximum atomic E-state index is 12.3. The zero-order valence-corrected chi connectivity index (χ0v) is 18.7. The van der Waals surface area contributed by atoms with Crippen molar-refractivity contribution in [2.75, 3.05) is 11.9 Å². The molecule has 0 saturated heterocycles. The second kappa shape index (κ2) is 17.1. The first-order chi connectivity index (χ1) is 14.2. The van der Waals surface area contributed by atoms with Gasteiger partial charge in [-0.2, -0.15) is 0 Å². The van der Waals surface area contributed by atoms with Crippen LogP contribution in [-0.4, -0.2) is 18.4 Å². The predicted octanol–water partition coefficient (Wildman–Crippen LogP) is 6.86. The van der Waals surface area contributed by atoms with Crippen molar-refractivity contribution in [3.8, 4) is 0 Å². The minimum Gasteiger partial charge on any atom is -0.352 e. The summed E-state index contributed by atoms with van der Waals surface area (Å²) in [7, 11) is 0. The molecular weight excluding hydrogens is 360 g/mol. The average molecular weight is 403 g/mol. The van der Waals surface area contributed by atoms with Gasteiger partial charge >= 0.3 is 0 Å². The van der Waals surface area contributed by atoms with Crippen LogP contribution in [0.2, 0.25) is 0 Å². The molecule has 0 fully saturated rings. The Labute approximate surface area is 178 Å². The van der Waals surface area contributed by atoms with Crippen molar-refractivity contribution < 1.29 is 9.59 Å². The molecule has 0 spiro atoms. The van der Waals surface area contributed by atoms with E-state index >= 15 is 0 Å². The van der Waals surface area contributed by atoms with Gasteiger partial charge in [0.25, 0.3) is 5.91 Å². The molecule has 2 N–H and O–H groups in total. The first-order valence-electron chi connectivity index (χ1n) is 11.9. The molecule has 1 rings (SSSR count). The third-order valence-corrected chi connectivity index (χ3v) is 5.27. The molecule has 29 heavy (non-hydrogen) atoms. The van der Waals surface area contributed by atoms with Crippen LogP contribution < -0.4 is 10.6 Å². The van der Waals surface area contributed by atoms with Crippen molar-refractivity contribution in [1.29, 1.82) is 0 Å². The number of para-hydroxylation sites is 1. The molecule has 4 nitrogen and oxygen atoms in total. The largest absolute Gasteiger partial charge is 0.352 e. The summed E-state index contributed by atoms with van der Waals surface area (Å²) in [6.07, 6.45) is 16.5. The molecule has 0 atom stereocenters. The number of anilines is 1. The van der Waals surface area contributed by atoms with E-state index in [0.717, 1.165) is 25.7 Å². The van der Waals surface area contributed by atoms with E-state index in [0.29, 0.717) is 24.2 Å². The summed E-state index contributed by atoms with van der Waals surface area (Å²) in [6.45, 7) is 5.01. The fourth-order valence-electron chi connectivity index (χ4n) is 3.43. The summed E-state index contributed by atoms with van der Waals surface area (Å²) in [5.41, 5.74) is 1.14. The topological polar surface area (TPSA) is 58.2 Å². The Balaban J connectivity index is 2.18. The number of carbonyl (C=O) groups excluding carboxylic acids is 2. The van der Waals surface area contributed by atoms with E-state index in [1.54, 1.807) is 12.1 Å². The van der Waals surface area contributed by atoms with Gasteiger partial charge in [0.1, 0.15) is 0 Å². The van der Waals surface area contributed by atoms with Crippen molar-refractivity contribution in [3.63, 3.8) is 0 Å². The zero-order chi connectivity index (χ0) is 21.2. The standard InChI is InChI=1S/C25H42N2O2/c1-3-5-7-8-9-10-11-12-13-14-15-20-24(28)27-23-19-17-16-18-22(23)25(29)26-21-6-4-2/h16-19H,3-15,20-21H2,1-2H3,(H,26,29)(H,27,28). The number of amides is 2. The van der Waals surface area contributed by atoms with E-state index in [2.05, 4.69) is 24.5 Å². The van der Waals surface area contributed by atoms with Gasteiger partial charge in [-0.15, -0.1) is 0 Å². The van der Waals surface area contributed by atoms with Crippen LogP contribution in [0.3, 0.4) is 0 Å². The van der Waals surface area contributed by atoms with Crippen LogP contribution in [0.1, 0.15) is 114 Å². The third kappa shape index (κ3) is 12.4. The molecule has 0 aliphatic rings. The molecule has 0 saturated carbocycles. The quantitative estimate of drug-likeness (QED) is 0.280. The molecule has 1 aromatic rings. The van der Waals surface area contributed by atoms with Gasteiger partial charge in [-0.25, -0.2) is 0 Å². The highest BCUT2D eigenvalue weighted by Crippen LogP contribution is 2.16. The molecule has 0 aliphatic heterocycles. The molecule has 0 radical (unpaired) electrons. The van der Waals surface area contributed by atoms with Crippen LogP contribution >= 0.6 is 0 Å². The van der Waals surface area contributed by atoms with Crippen LogP contribution in [-0.2, 0) is 4.79 Å². The summed E-state index contributed by atoms with van der Waals surface area (Å²) < 4.78 is 0. The second-order valence-electron chi connectivity index (χ2n) is 7.99. The normalized spacial score (nSPS) is 10.7. The lowest BCUT2D eigenvalue weighted by molar-refractivity contribution is -0.116. The van der Waals surface area contributed by atoms with Gasteiger partial charge in [-0.1, -0.05) is 96.6 Å². The third-order valence-electron chi connectivity index (χ3n) is 5.27. The van der Waals surface area contributed by atoms with Crippen LogP contribution in [0.4, 0.5) is 5.69 Å². The van der Waals surface area contributed by atoms with Gasteiger partial charge in [-0.05, 0) is 25.0 Å². The lowest BCUT2D eigenvalue weighted by Crippen LogP contribution is -2.26. The van der Waals surface area contributed by atoms with Crippen molar-refractivity contribution in [3.05, 3.63) is 29.8 Å². The summed E-state index contributed by atoms with van der Waals surface area (Å²) in [4.78, 5) is 24.6.